The van der Waals surface area contributed by atoms with Crippen LogP contribution in [0.15, 0.2) is 24.3 Å². The maximum atomic E-state index is 12.8. The molecule has 0 saturated heterocycles. The van der Waals surface area contributed by atoms with Gasteiger partial charge in [-0.1, -0.05) is 6.07 Å². The third-order valence-electron chi connectivity index (χ3n) is 2.02. The lowest BCUT2D eigenvalue weighted by molar-refractivity contribution is -0.122. The van der Waals surface area contributed by atoms with Crippen LogP contribution in [-0.4, -0.2) is 32.8 Å². The number of ether oxygens (including phenoxy) is 2. The summed E-state index contributed by atoms with van der Waals surface area (Å²) < 4.78 is 22.8. The van der Waals surface area contributed by atoms with Gasteiger partial charge >= 0.3 is 0 Å². The predicted octanol–water partition coefficient (Wildman–Crippen LogP) is 1.36. The Labute approximate surface area is 99.7 Å². The molecule has 17 heavy (non-hydrogen) atoms. The number of hydrogen-bond acceptors (Lipinski definition) is 3. The quantitative estimate of drug-likeness (QED) is 0.733. The number of nitrogens with one attached hydrogen (secondary N) is 1. The van der Waals surface area contributed by atoms with Crippen LogP contribution in [0.3, 0.4) is 0 Å². The first-order valence-electron chi connectivity index (χ1n) is 5.36. The number of carbonyl (C=O) groups excluding carboxylic acids is 1. The summed E-state index contributed by atoms with van der Waals surface area (Å²) in [5.74, 6) is 0.0254. The number of hydrogen-bond donors (Lipinski definition) is 1. The number of halogens is 1. The van der Waals surface area contributed by atoms with Gasteiger partial charge in [-0.2, -0.15) is 0 Å². The van der Waals surface area contributed by atoms with E-state index in [4.69, 9.17) is 9.47 Å². The molecule has 0 aromatic heterocycles. The van der Waals surface area contributed by atoms with Crippen molar-refractivity contribution in [2.45, 2.75) is 6.42 Å². The van der Waals surface area contributed by atoms with Crippen molar-refractivity contribution in [3.63, 3.8) is 0 Å². The smallest absolute Gasteiger partial charge is 0.222 e. The van der Waals surface area contributed by atoms with Gasteiger partial charge in [0.1, 0.15) is 18.2 Å². The molecule has 0 aliphatic heterocycles. The van der Waals surface area contributed by atoms with Gasteiger partial charge in [-0.3, -0.25) is 4.79 Å². The standard InChI is InChI=1S/C12H16FNO3/c1-16-7-5-12(15)14-6-8-17-11-4-2-3-10(13)9-11/h2-4,9H,5-8H2,1H3,(H,14,15). The average molecular weight is 241 g/mol. The van der Waals surface area contributed by atoms with Crippen molar-refractivity contribution in [3.8, 4) is 5.75 Å². The molecular formula is C12H16FNO3. The van der Waals surface area contributed by atoms with Crippen LogP contribution in [0.4, 0.5) is 4.39 Å². The second kappa shape index (κ2) is 7.62. The number of benzene rings is 1. The first-order valence-corrected chi connectivity index (χ1v) is 5.36. The molecule has 0 heterocycles. The zero-order valence-electron chi connectivity index (χ0n) is 9.74. The summed E-state index contributed by atoms with van der Waals surface area (Å²) >= 11 is 0. The van der Waals surface area contributed by atoms with Crippen molar-refractivity contribution in [2.24, 2.45) is 0 Å². The first kappa shape index (κ1) is 13.4. The van der Waals surface area contributed by atoms with E-state index in [1.807, 2.05) is 0 Å². The maximum absolute atomic E-state index is 12.8. The highest BCUT2D eigenvalue weighted by Crippen LogP contribution is 2.11. The van der Waals surface area contributed by atoms with Crippen LogP contribution >= 0.6 is 0 Å². The summed E-state index contributed by atoms with van der Waals surface area (Å²) in [4.78, 5) is 11.2. The molecule has 4 nitrogen and oxygen atoms in total. The van der Waals surface area contributed by atoms with Crippen molar-refractivity contribution in [1.29, 1.82) is 0 Å². The molecule has 1 rings (SSSR count). The van der Waals surface area contributed by atoms with Crippen LogP contribution in [-0.2, 0) is 9.53 Å². The summed E-state index contributed by atoms with van der Waals surface area (Å²) in [5, 5.41) is 2.66. The Balaban J connectivity index is 2.14. The summed E-state index contributed by atoms with van der Waals surface area (Å²) in [5.41, 5.74) is 0. The van der Waals surface area contributed by atoms with Gasteiger partial charge in [0.25, 0.3) is 0 Å². The minimum absolute atomic E-state index is 0.0882. The van der Waals surface area contributed by atoms with Gasteiger partial charge in [-0.05, 0) is 12.1 Å². The number of rotatable bonds is 7. The number of carbonyl (C=O) groups is 1. The molecule has 0 aliphatic carbocycles. The van der Waals surface area contributed by atoms with Crippen molar-refractivity contribution in [2.75, 3.05) is 26.9 Å². The third-order valence-corrected chi connectivity index (χ3v) is 2.02. The normalized spacial score (nSPS) is 10.0. The highest BCUT2D eigenvalue weighted by Gasteiger charge is 2.00. The molecule has 1 N–H and O–H groups in total. The van der Waals surface area contributed by atoms with Gasteiger partial charge in [0.2, 0.25) is 5.91 Å². The van der Waals surface area contributed by atoms with E-state index in [0.717, 1.165) is 0 Å². The molecule has 1 aromatic carbocycles. The Kier molecular flexibility index (Phi) is 6.03. The van der Waals surface area contributed by atoms with E-state index >= 15 is 0 Å². The van der Waals surface area contributed by atoms with Gasteiger partial charge in [-0.25, -0.2) is 4.39 Å². The fourth-order valence-electron chi connectivity index (χ4n) is 1.20. The first-order chi connectivity index (χ1) is 8.22. The molecule has 94 valence electrons. The van der Waals surface area contributed by atoms with Gasteiger partial charge in [-0.15, -0.1) is 0 Å². The summed E-state index contributed by atoms with van der Waals surface area (Å²) in [6.45, 7) is 1.10. The fourth-order valence-corrected chi connectivity index (χ4v) is 1.20. The number of methoxy groups -OCH3 is 1. The minimum atomic E-state index is -0.341. The zero-order chi connectivity index (χ0) is 12.5. The van der Waals surface area contributed by atoms with Crippen molar-refractivity contribution in [3.05, 3.63) is 30.1 Å². The molecule has 0 spiro atoms. The van der Waals surface area contributed by atoms with E-state index < -0.39 is 0 Å². The molecule has 0 atom stereocenters. The predicted molar refractivity (Wildman–Crippen MR) is 61.4 cm³/mol. The number of amides is 1. The second-order valence-corrected chi connectivity index (χ2v) is 3.40. The van der Waals surface area contributed by atoms with E-state index in [0.29, 0.717) is 31.9 Å². The largest absolute Gasteiger partial charge is 0.492 e. The Morgan fingerprint density at radius 3 is 2.94 bits per heavy atom. The maximum Gasteiger partial charge on any atom is 0.222 e. The van der Waals surface area contributed by atoms with Crippen molar-refractivity contribution < 1.29 is 18.7 Å². The lowest BCUT2D eigenvalue weighted by Crippen LogP contribution is -2.28. The van der Waals surface area contributed by atoms with E-state index in [-0.39, 0.29) is 11.7 Å². The van der Waals surface area contributed by atoms with E-state index in [2.05, 4.69) is 5.32 Å². The fraction of sp³-hybridized carbons (Fsp3) is 0.417. The molecule has 0 unspecified atom stereocenters. The zero-order valence-corrected chi connectivity index (χ0v) is 9.74. The molecule has 0 radical (unpaired) electrons. The van der Waals surface area contributed by atoms with E-state index in [1.165, 1.54) is 12.1 Å². The van der Waals surface area contributed by atoms with Crippen LogP contribution in [0.5, 0.6) is 5.75 Å². The molecule has 0 saturated carbocycles. The molecule has 1 amide bonds. The molecule has 5 heteroatoms. The van der Waals surface area contributed by atoms with E-state index in [1.54, 1.807) is 19.2 Å². The molecule has 1 aromatic rings. The highest BCUT2D eigenvalue weighted by molar-refractivity contribution is 5.75. The van der Waals surface area contributed by atoms with Crippen LogP contribution in [0.25, 0.3) is 0 Å². The SMILES string of the molecule is COCCC(=O)NCCOc1cccc(F)c1. The Morgan fingerprint density at radius 1 is 1.41 bits per heavy atom. The van der Waals surface area contributed by atoms with Crippen LogP contribution in [0.2, 0.25) is 0 Å². The molecule has 0 aliphatic rings. The van der Waals surface area contributed by atoms with Crippen LogP contribution < -0.4 is 10.1 Å². The second-order valence-electron chi connectivity index (χ2n) is 3.40. The van der Waals surface area contributed by atoms with Gasteiger partial charge in [0, 0.05) is 19.6 Å². The highest BCUT2D eigenvalue weighted by atomic mass is 19.1. The van der Waals surface area contributed by atoms with Crippen molar-refractivity contribution in [1.82, 2.24) is 5.32 Å². The Morgan fingerprint density at radius 2 is 2.24 bits per heavy atom. The molecule has 0 bridgehead atoms. The molecule has 0 fully saturated rings. The molecular weight excluding hydrogens is 225 g/mol. The lowest BCUT2D eigenvalue weighted by Gasteiger charge is -2.07. The van der Waals surface area contributed by atoms with Crippen LogP contribution in [0, 0.1) is 5.82 Å². The van der Waals surface area contributed by atoms with Crippen molar-refractivity contribution >= 4 is 5.91 Å². The lowest BCUT2D eigenvalue weighted by atomic mass is 10.3. The topological polar surface area (TPSA) is 47.6 Å². The summed E-state index contributed by atoms with van der Waals surface area (Å²) in [6.07, 6.45) is 0.330. The summed E-state index contributed by atoms with van der Waals surface area (Å²) in [7, 11) is 1.54. The Bertz CT molecular complexity index is 357. The van der Waals surface area contributed by atoms with Gasteiger partial charge in [0.05, 0.1) is 13.2 Å². The average Bonchev–Trinajstić information content (AvgIpc) is 2.32. The third kappa shape index (κ3) is 5.87. The monoisotopic (exact) mass is 241 g/mol. The van der Waals surface area contributed by atoms with E-state index in [9.17, 15) is 9.18 Å². The van der Waals surface area contributed by atoms with Gasteiger partial charge < -0.3 is 14.8 Å². The van der Waals surface area contributed by atoms with Gasteiger partial charge in [0.15, 0.2) is 0 Å². The minimum Gasteiger partial charge on any atom is -0.492 e. The summed E-state index contributed by atoms with van der Waals surface area (Å²) in [6, 6.07) is 5.88. The Hall–Kier alpha value is -1.62. The van der Waals surface area contributed by atoms with Crippen LogP contribution in [0.1, 0.15) is 6.42 Å².